The van der Waals surface area contributed by atoms with Crippen molar-refractivity contribution in [3.8, 4) is 0 Å². The Kier molecular flexibility index (Phi) is 5.06. The second kappa shape index (κ2) is 7.42. The minimum absolute atomic E-state index is 0.0956. The van der Waals surface area contributed by atoms with Crippen LogP contribution in [0.5, 0.6) is 0 Å². The second-order valence-electron chi connectivity index (χ2n) is 5.67. The molecule has 0 radical (unpaired) electrons. The Balaban J connectivity index is 1.90. The minimum Gasteiger partial charge on any atom is -0.465 e. The zero-order valence-corrected chi connectivity index (χ0v) is 13.7. The quantitative estimate of drug-likeness (QED) is 0.857. The van der Waals surface area contributed by atoms with E-state index in [4.69, 9.17) is 0 Å². The van der Waals surface area contributed by atoms with Crippen LogP contribution in [0.15, 0.2) is 30.6 Å². The molecule has 1 N–H and O–H groups in total. The molecule has 0 bridgehead atoms. The molecular weight excluding hydrogens is 330 g/mol. The third-order valence-corrected chi connectivity index (χ3v) is 4.14. The van der Waals surface area contributed by atoms with Crippen LogP contribution in [0.1, 0.15) is 29.6 Å². The largest absolute Gasteiger partial charge is 0.465 e. The Bertz CT molecular complexity index is 758. The molecule has 1 unspecified atom stereocenters. The summed E-state index contributed by atoms with van der Waals surface area (Å²) in [4.78, 5) is 21.5. The van der Waals surface area contributed by atoms with E-state index < -0.39 is 23.2 Å². The van der Waals surface area contributed by atoms with E-state index in [9.17, 15) is 13.6 Å². The van der Waals surface area contributed by atoms with Gasteiger partial charge in [0.1, 0.15) is 6.17 Å². The van der Waals surface area contributed by atoms with Gasteiger partial charge in [-0.3, -0.25) is 0 Å². The minimum atomic E-state index is -1.20. The predicted molar refractivity (Wildman–Crippen MR) is 88.3 cm³/mol. The molecule has 2 heterocycles. The highest BCUT2D eigenvalue weighted by atomic mass is 19.2. The second-order valence-corrected chi connectivity index (χ2v) is 5.67. The van der Waals surface area contributed by atoms with Crippen LogP contribution in [0.4, 0.5) is 20.4 Å². The molecule has 132 valence electrons. The lowest BCUT2D eigenvalue weighted by molar-refractivity contribution is 0.0594. The number of methoxy groups -OCH3 is 1. The number of hydrogen-bond donors (Lipinski definition) is 1. The first-order valence-corrected chi connectivity index (χ1v) is 7.98. The van der Waals surface area contributed by atoms with Gasteiger partial charge in [0.15, 0.2) is 11.6 Å². The molecular formula is C17H18F2N4O2. The van der Waals surface area contributed by atoms with Crippen LogP contribution in [0, 0.1) is 11.6 Å². The number of halogens is 2. The van der Waals surface area contributed by atoms with Gasteiger partial charge in [0.2, 0.25) is 5.95 Å². The molecule has 1 saturated heterocycles. The predicted octanol–water partition coefficient (Wildman–Crippen LogP) is 2.97. The Hall–Kier alpha value is -2.77. The Morgan fingerprint density at radius 3 is 2.72 bits per heavy atom. The number of nitrogens with zero attached hydrogens (tertiary/aromatic N) is 3. The van der Waals surface area contributed by atoms with Crippen molar-refractivity contribution in [3.63, 3.8) is 0 Å². The molecule has 0 amide bonds. The summed E-state index contributed by atoms with van der Waals surface area (Å²) in [7, 11) is 1.12. The summed E-state index contributed by atoms with van der Waals surface area (Å²) < 4.78 is 33.3. The van der Waals surface area contributed by atoms with Crippen LogP contribution < -0.4 is 10.2 Å². The average molecular weight is 348 g/mol. The molecule has 1 aliphatic heterocycles. The summed E-state index contributed by atoms with van der Waals surface area (Å²) in [5.41, 5.74) is -0.324. The van der Waals surface area contributed by atoms with E-state index in [2.05, 4.69) is 20.0 Å². The van der Waals surface area contributed by atoms with Crippen molar-refractivity contribution in [2.24, 2.45) is 0 Å². The fourth-order valence-corrected chi connectivity index (χ4v) is 2.92. The Morgan fingerprint density at radius 2 is 2.00 bits per heavy atom. The maximum absolute atomic E-state index is 14.6. The zero-order valence-electron chi connectivity index (χ0n) is 13.7. The van der Waals surface area contributed by atoms with E-state index in [1.807, 2.05) is 0 Å². The number of benzene rings is 1. The standard InChI is InChI=1S/C17H18F2N4O2/c1-25-16(24)11-6-7-12(15(19)14(11)18)23-10-3-2-5-13(23)22-17-20-8-4-9-21-17/h4,6-9,13H,2-3,5,10H2,1H3,(H,20,21,22). The molecule has 1 aliphatic rings. The molecule has 0 saturated carbocycles. The fraction of sp³-hybridized carbons (Fsp3) is 0.353. The molecule has 6 nitrogen and oxygen atoms in total. The van der Waals surface area contributed by atoms with Gasteiger partial charge in [-0.15, -0.1) is 0 Å². The Labute approximate surface area is 143 Å². The van der Waals surface area contributed by atoms with Gasteiger partial charge in [-0.1, -0.05) is 0 Å². The van der Waals surface area contributed by atoms with Gasteiger partial charge in [-0.25, -0.2) is 23.5 Å². The van der Waals surface area contributed by atoms with Crippen LogP contribution in [-0.4, -0.2) is 35.8 Å². The number of esters is 1. The number of carbonyl (C=O) groups excluding carboxylic acids is 1. The highest BCUT2D eigenvalue weighted by Crippen LogP contribution is 2.30. The number of ether oxygens (including phenoxy) is 1. The van der Waals surface area contributed by atoms with Crippen LogP contribution in [0.3, 0.4) is 0 Å². The molecule has 3 rings (SSSR count). The summed E-state index contributed by atoms with van der Waals surface area (Å²) in [6.07, 6.45) is 5.48. The first-order chi connectivity index (χ1) is 12.1. The van der Waals surface area contributed by atoms with E-state index >= 15 is 0 Å². The van der Waals surface area contributed by atoms with Crippen molar-refractivity contribution in [2.45, 2.75) is 25.4 Å². The molecule has 2 aromatic rings. The number of rotatable bonds is 4. The Morgan fingerprint density at radius 1 is 1.24 bits per heavy atom. The molecule has 0 aliphatic carbocycles. The van der Waals surface area contributed by atoms with E-state index in [0.29, 0.717) is 12.5 Å². The average Bonchev–Trinajstić information content (AvgIpc) is 2.65. The smallest absolute Gasteiger partial charge is 0.340 e. The first-order valence-electron chi connectivity index (χ1n) is 7.98. The molecule has 25 heavy (non-hydrogen) atoms. The van der Waals surface area contributed by atoms with Crippen molar-refractivity contribution in [1.29, 1.82) is 0 Å². The van der Waals surface area contributed by atoms with Gasteiger partial charge < -0.3 is 15.0 Å². The lowest BCUT2D eigenvalue weighted by Crippen LogP contribution is -2.45. The van der Waals surface area contributed by atoms with Crippen molar-refractivity contribution in [2.75, 3.05) is 23.9 Å². The fourth-order valence-electron chi connectivity index (χ4n) is 2.92. The summed E-state index contributed by atoms with van der Waals surface area (Å²) >= 11 is 0. The van der Waals surface area contributed by atoms with E-state index in [1.54, 1.807) is 23.4 Å². The first kappa shape index (κ1) is 17.1. The van der Waals surface area contributed by atoms with Crippen LogP contribution >= 0.6 is 0 Å². The van der Waals surface area contributed by atoms with Crippen molar-refractivity contribution in [1.82, 2.24) is 9.97 Å². The normalized spacial score (nSPS) is 17.2. The summed E-state index contributed by atoms with van der Waals surface area (Å²) in [5.74, 6) is -2.75. The van der Waals surface area contributed by atoms with Gasteiger partial charge in [0, 0.05) is 18.9 Å². The number of carbonyl (C=O) groups is 1. The number of nitrogens with one attached hydrogen (secondary N) is 1. The van der Waals surface area contributed by atoms with Gasteiger partial charge in [-0.05, 0) is 37.5 Å². The maximum atomic E-state index is 14.6. The number of anilines is 2. The number of aromatic nitrogens is 2. The topological polar surface area (TPSA) is 67.3 Å². The summed E-state index contributed by atoms with van der Waals surface area (Å²) in [6, 6.07) is 4.34. The molecule has 1 aromatic heterocycles. The highest BCUT2D eigenvalue weighted by Gasteiger charge is 2.28. The van der Waals surface area contributed by atoms with Crippen LogP contribution in [0.2, 0.25) is 0 Å². The molecule has 1 fully saturated rings. The van der Waals surface area contributed by atoms with Gasteiger partial charge in [-0.2, -0.15) is 0 Å². The highest BCUT2D eigenvalue weighted by molar-refractivity contribution is 5.90. The number of piperidine rings is 1. The van der Waals surface area contributed by atoms with Crippen molar-refractivity contribution < 1.29 is 18.3 Å². The van der Waals surface area contributed by atoms with Crippen molar-refractivity contribution in [3.05, 3.63) is 47.8 Å². The molecule has 8 heteroatoms. The van der Waals surface area contributed by atoms with Crippen LogP contribution in [-0.2, 0) is 4.74 Å². The van der Waals surface area contributed by atoms with Gasteiger partial charge in [0.25, 0.3) is 0 Å². The molecule has 0 spiro atoms. The molecule has 1 atom stereocenters. The van der Waals surface area contributed by atoms with Gasteiger partial charge >= 0.3 is 5.97 Å². The third kappa shape index (κ3) is 3.52. The SMILES string of the molecule is COC(=O)c1ccc(N2CCCCC2Nc2ncccn2)c(F)c1F. The molecule has 1 aromatic carbocycles. The van der Waals surface area contributed by atoms with Crippen molar-refractivity contribution >= 4 is 17.6 Å². The summed E-state index contributed by atoms with van der Waals surface area (Å²) in [5, 5.41) is 3.15. The third-order valence-electron chi connectivity index (χ3n) is 4.14. The van der Waals surface area contributed by atoms with E-state index in [1.165, 1.54) is 12.1 Å². The lowest BCUT2D eigenvalue weighted by Gasteiger charge is -2.38. The summed E-state index contributed by atoms with van der Waals surface area (Å²) in [6.45, 7) is 0.554. The lowest BCUT2D eigenvalue weighted by atomic mass is 10.1. The van der Waals surface area contributed by atoms with Gasteiger partial charge in [0.05, 0.1) is 18.4 Å². The van der Waals surface area contributed by atoms with E-state index in [-0.39, 0.29) is 11.9 Å². The monoisotopic (exact) mass is 348 g/mol. The number of hydrogen-bond acceptors (Lipinski definition) is 6. The zero-order chi connectivity index (χ0) is 17.8. The van der Waals surface area contributed by atoms with E-state index in [0.717, 1.165) is 26.4 Å². The van der Waals surface area contributed by atoms with Crippen LogP contribution in [0.25, 0.3) is 0 Å². The maximum Gasteiger partial charge on any atom is 0.340 e.